The molecule has 9 rings (SSSR count). The van der Waals surface area contributed by atoms with Crippen LogP contribution in [0.4, 0.5) is 34.1 Å². The van der Waals surface area contributed by atoms with Crippen LogP contribution in [-0.4, -0.2) is 16.1 Å². The van der Waals surface area contributed by atoms with E-state index in [1.54, 1.807) is 0 Å². The van der Waals surface area contributed by atoms with E-state index < -0.39 is 16.1 Å². The highest BCUT2D eigenvalue weighted by molar-refractivity contribution is 6.90. The minimum atomic E-state index is -1.77. The summed E-state index contributed by atoms with van der Waals surface area (Å²) in [5.41, 5.74) is 11.4. The zero-order valence-electron chi connectivity index (χ0n) is 34.9. The highest BCUT2D eigenvalue weighted by atomic mass is 28.3. The van der Waals surface area contributed by atoms with E-state index in [4.69, 9.17) is 0 Å². The van der Waals surface area contributed by atoms with E-state index in [9.17, 15) is 0 Å². The molecule has 0 spiro atoms. The molecule has 4 heteroatoms. The van der Waals surface area contributed by atoms with Gasteiger partial charge in [0.1, 0.15) is 0 Å². The summed E-state index contributed by atoms with van der Waals surface area (Å²) in [6, 6.07) is 52.7. The van der Waals surface area contributed by atoms with Crippen molar-refractivity contribution in [1.29, 1.82) is 0 Å². The largest absolute Gasteiger partial charge is 0.310 e. The Morgan fingerprint density at radius 1 is 0.509 bits per heavy atom. The standard InChI is InChI=1S/C53H54N2Si2/c1-10-36-33-47(55(39-23-15-12-16-24-39)45-26-18-20-28-49(45)57(7,8)9)42-35-43-50-37(31-32-53(43,2)3)34-46(41-30-29-40(36)51(42)52(41)50)54(38-21-13-11-14-22-38)44-25-17-19-27-48(44)56(4,5)6/h10-30,33-35H,1,31-32H2,2-9H3. The Kier molecular flexibility index (Phi) is 8.87. The molecule has 0 fully saturated rings. The van der Waals surface area contributed by atoms with Gasteiger partial charge in [-0.3, -0.25) is 0 Å². The zero-order valence-corrected chi connectivity index (χ0v) is 36.9. The van der Waals surface area contributed by atoms with Crippen molar-refractivity contribution in [3.05, 3.63) is 163 Å². The van der Waals surface area contributed by atoms with Crippen LogP contribution >= 0.6 is 0 Å². The average molecular weight is 775 g/mol. The minimum absolute atomic E-state index is 0.00698. The summed E-state index contributed by atoms with van der Waals surface area (Å²) < 4.78 is 0. The van der Waals surface area contributed by atoms with Gasteiger partial charge in [-0.15, -0.1) is 0 Å². The maximum absolute atomic E-state index is 4.44. The van der Waals surface area contributed by atoms with Crippen LogP contribution in [0.5, 0.6) is 0 Å². The summed E-state index contributed by atoms with van der Waals surface area (Å²) in [7, 11) is -3.51. The molecule has 8 aromatic carbocycles. The van der Waals surface area contributed by atoms with Crippen LogP contribution in [0.15, 0.2) is 146 Å². The average Bonchev–Trinajstić information content (AvgIpc) is 3.20. The highest BCUT2D eigenvalue weighted by Crippen LogP contribution is 2.54. The first-order valence-corrected chi connectivity index (χ1v) is 27.6. The van der Waals surface area contributed by atoms with Crippen molar-refractivity contribution in [2.24, 2.45) is 0 Å². The molecule has 0 bridgehead atoms. The molecule has 0 unspecified atom stereocenters. The molecule has 284 valence electrons. The van der Waals surface area contributed by atoms with Gasteiger partial charge >= 0.3 is 0 Å². The molecular formula is C53H54N2Si2. The smallest absolute Gasteiger partial charge is 0.0803 e. The Balaban J connectivity index is 1.47. The predicted molar refractivity (Wildman–Crippen MR) is 257 cm³/mol. The number of hydrogen-bond donors (Lipinski definition) is 0. The molecule has 0 amide bonds. The molecule has 0 N–H and O–H groups in total. The number of nitrogens with zero attached hydrogens (tertiary/aromatic N) is 2. The summed E-state index contributed by atoms with van der Waals surface area (Å²) in [6.07, 6.45) is 4.21. The van der Waals surface area contributed by atoms with E-state index in [1.807, 2.05) is 0 Å². The van der Waals surface area contributed by atoms with Crippen molar-refractivity contribution in [3.8, 4) is 0 Å². The van der Waals surface area contributed by atoms with Gasteiger partial charge in [-0.05, 0) is 111 Å². The van der Waals surface area contributed by atoms with Crippen LogP contribution in [0.1, 0.15) is 37.0 Å². The van der Waals surface area contributed by atoms with Crippen molar-refractivity contribution >= 4 is 99.0 Å². The van der Waals surface area contributed by atoms with Crippen molar-refractivity contribution < 1.29 is 0 Å². The summed E-state index contributed by atoms with van der Waals surface area (Å²) in [4.78, 5) is 5.13. The molecule has 1 aliphatic carbocycles. The third-order valence-electron chi connectivity index (χ3n) is 12.5. The quantitative estimate of drug-likeness (QED) is 0.106. The first kappa shape index (κ1) is 37.2. The highest BCUT2D eigenvalue weighted by Gasteiger charge is 2.35. The first-order valence-electron chi connectivity index (χ1n) is 20.6. The molecule has 0 heterocycles. The van der Waals surface area contributed by atoms with Gasteiger partial charge in [0.15, 0.2) is 0 Å². The number of aryl methyl sites for hydroxylation is 1. The van der Waals surface area contributed by atoms with Crippen molar-refractivity contribution in [3.63, 3.8) is 0 Å². The molecule has 0 radical (unpaired) electrons. The fourth-order valence-electron chi connectivity index (χ4n) is 9.60. The normalized spacial score (nSPS) is 14.0. The minimum Gasteiger partial charge on any atom is -0.310 e. The maximum atomic E-state index is 4.44. The lowest BCUT2D eigenvalue weighted by atomic mass is 9.70. The second-order valence-corrected chi connectivity index (χ2v) is 28.8. The monoisotopic (exact) mass is 774 g/mol. The lowest BCUT2D eigenvalue weighted by Crippen LogP contribution is -2.40. The number of anilines is 6. The Labute approximate surface area is 341 Å². The third kappa shape index (κ3) is 6.13. The van der Waals surface area contributed by atoms with E-state index in [1.165, 1.54) is 87.9 Å². The van der Waals surface area contributed by atoms with Gasteiger partial charge in [0, 0.05) is 44.3 Å². The molecule has 57 heavy (non-hydrogen) atoms. The Hall–Kier alpha value is -5.43. The second-order valence-electron chi connectivity index (χ2n) is 18.8. The Morgan fingerprint density at radius 2 is 1.00 bits per heavy atom. The van der Waals surface area contributed by atoms with Gasteiger partial charge < -0.3 is 9.80 Å². The van der Waals surface area contributed by atoms with E-state index in [0.29, 0.717) is 0 Å². The van der Waals surface area contributed by atoms with Crippen LogP contribution in [0.2, 0.25) is 39.3 Å². The molecule has 0 atom stereocenters. The van der Waals surface area contributed by atoms with E-state index in [-0.39, 0.29) is 5.41 Å². The van der Waals surface area contributed by atoms with Gasteiger partial charge in [-0.25, -0.2) is 0 Å². The molecular weight excluding hydrogens is 721 g/mol. The summed E-state index contributed by atoms with van der Waals surface area (Å²) in [6.45, 7) is 24.1. The molecule has 0 saturated carbocycles. The number of para-hydroxylation sites is 4. The predicted octanol–water partition coefficient (Wildman–Crippen LogP) is 14.5. The molecule has 0 saturated heterocycles. The SMILES string of the molecule is C=Cc1cc(N(c2ccccc2)c2ccccc2[Si](C)(C)C)c2cc3c4c(cc(N(c5ccccc5)c5ccccc5[Si](C)(C)C)c5ccc1c2c54)CCC3(C)C. The second kappa shape index (κ2) is 13.6. The Morgan fingerprint density at radius 3 is 1.53 bits per heavy atom. The lowest BCUT2D eigenvalue weighted by Gasteiger charge is -2.38. The summed E-state index contributed by atoms with van der Waals surface area (Å²) in [5.74, 6) is 0. The summed E-state index contributed by atoms with van der Waals surface area (Å²) in [5, 5.41) is 10.9. The number of hydrogen-bond acceptors (Lipinski definition) is 2. The van der Waals surface area contributed by atoms with Crippen molar-refractivity contribution in [1.82, 2.24) is 0 Å². The van der Waals surface area contributed by atoms with Gasteiger partial charge in [-0.1, -0.05) is 151 Å². The number of benzene rings is 8. The number of rotatable bonds is 9. The molecule has 1 aliphatic rings. The van der Waals surface area contributed by atoms with Crippen LogP contribution in [0, 0.1) is 0 Å². The maximum Gasteiger partial charge on any atom is 0.0803 e. The zero-order chi connectivity index (χ0) is 39.9. The fraction of sp³-hybridized carbons (Fsp3) is 0.208. The van der Waals surface area contributed by atoms with Gasteiger partial charge in [0.25, 0.3) is 0 Å². The van der Waals surface area contributed by atoms with Crippen molar-refractivity contribution in [2.75, 3.05) is 9.80 Å². The van der Waals surface area contributed by atoms with Crippen LogP contribution in [0.3, 0.4) is 0 Å². The van der Waals surface area contributed by atoms with E-state index in [0.717, 1.165) is 18.4 Å². The third-order valence-corrected chi connectivity index (χ3v) is 16.5. The van der Waals surface area contributed by atoms with E-state index in [2.05, 4.69) is 215 Å². The van der Waals surface area contributed by atoms with Gasteiger partial charge in [-0.2, -0.15) is 0 Å². The van der Waals surface area contributed by atoms with Crippen LogP contribution < -0.4 is 20.2 Å². The van der Waals surface area contributed by atoms with Gasteiger partial charge in [0.2, 0.25) is 0 Å². The topological polar surface area (TPSA) is 6.48 Å². The molecule has 8 aromatic rings. The molecule has 2 nitrogen and oxygen atoms in total. The summed E-state index contributed by atoms with van der Waals surface area (Å²) >= 11 is 0. The lowest BCUT2D eigenvalue weighted by molar-refractivity contribution is 0.475. The van der Waals surface area contributed by atoms with Crippen molar-refractivity contribution in [2.45, 2.75) is 71.4 Å². The Bertz CT molecular complexity index is 2810. The molecule has 0 aromatic heterocycles. The molecule has 0 aliphatic heterocycles. The fourth-order valence-corrected chi connectivity index (χ4v) is 12.7. The van der Waals surface area contributed by atoms with E-state index >= 15 is 0 Å². The first-order chi connectivity index (χ1) is 27.3. The van der Waals surface area contributed by atoms with Gasteiger partial charge in [0.05, 0.1) is 27.5 Å². The van der Waals surface area contributed by atoms with Crippen LogP contribution in [0.25, 0.3) is 38.4 Å². The van der Waals surface area contributed by atoms with Crippen LogP contribution in [-0.2, 0) is 11.8 Å².